The number of fused-ring (bicyclic) bond motifs is 1. The molecule has 0 N–H and O–H groups in total. The summed E-state index contributed by atoms with van der Waals surface area (Å²) in [4.78, 5) is 11.1. The molecule has 0 bridgehead atoms. The Morgan fingerprint density at radius 1 is 1.19 bits per heavy atom. The van der Waals surface area contributed by atoms with E-state index in [1.165, 1.54) is 18.4 Å². The van der Waals surface area contributed by atoms with Gasteiger partial charge in [-0.25, -0.2) is 4.79 Å². The van der Waals surface area contributed by atoms with Crippen molar-refractivity contribution in [3.63, 3.8) is 0 Å². The zero-order valence-corrected chi connectivity index (χ0v) is 17.2. The van der Waals surface area contributed by atoms with E-state index in [0.717, 1.165) is 26.2 Å². The largest absolute Gasteiger partial charge is 0.464 e. The van der Waals surface area contributed by atoms with Crippen molar-refractivity contribution in [1.29, 1.82) is 0 Å². The smallest absolute Gasteiger partial charge is 0.354 e. The molecule has 148 valence electrons. The second kappa shape index (κ2) is 5.71. The van der Waals surface area contributed by atoms with Gasteiger partial charge in [-0.3, -0.25) is 0 Å². The molecule has 0 spiro atoms. The molecular formula is C16H13BrF5NO2S2. The number of methoxy groups -OCH3 is 1. The Hall–Kier alpha value is -1.59. The van der Waals surface area contributed by atoms with Crippen molar-refractivity contribution in [3.8, 4) is 0 Å². The molecular weight excluding hydrogens is 477 g/mol. The predicted octanol–water partition coefficient (Wildman–Crippen LogP) is 7.27. The summed E-state index contributed by atoms with van der Waals surface area (Å²) < 4.78 is 72.2. The highest BCUT2D eigenvalue weighted by atomic mass is 79.9. The molecule has 2 heterocycles. The van der Waals surface area contributed by atoms with Crippen LogP contribution in [-0.2, 0) is 11.3 Å². The zero-order chi connectivity index (χ0) is 20.3. The number of hydrogen-bond donors (Lipinski definition) is 0. The summed E-state index contributed by atoms with van der Waals surface area (Å²) in [5.74, 6) is -0.605. The van der Waals surface area contributed by atoms with Gasteiger partial charge in [0.05, 0.1) is 21.8 Å². The number of carbonyl (C=O) groups is 1. The van der Waals surface area contributed by atoms with Gasteiger partial charge in [0, 0.05) is 11.4 Å². The zero-order valence-electron chi connectivity index (χ0n) is 13.9. The van der Waals surface area contributed by atoms with E-state index in [9.17, 15) is 24.2 Å². The first-order valence-corrected chi connectivity index (χ1v) is 11.0. The van der Waals surface area contributed by atoms with Crippen LogP contribution in [0.3, 0.4) is 0 Å². The number of rotatable bonds is 4. The predicted molar refractivity (Wildman–Crippen MR) is 101 cm³/mol. The minimum absolute atomic E-state index is 0.0172. The lowest BCUT2D eigenvalue weighted by atomic mass is 10.2. The third kappa shape index (κ3) is 3.85. The standard InChI is InChI=1S/C16H13BrF5NO2S2/c1-9-14(17)15-13(26-9)7-12(16(24)25-2)23(15)8-10-3-5-11(6-4-10)27(18,19,20,21)22/h3-7H,8H2,1-2H3. The molecule has 3 aromatic rings. The van der Waals surface area contributed by atoms with Crippen LogP contribution in [0.2, 0.25) is 0 Å². The van der Waals surface area contributed by atoms with E-state index in [2.05, 4.69) is 15.9 Å². The Morgan fingerprint density at radius 2 is 1.78 bits per heavy atom. The van der Waals surface area contributed by atoms with E-state index in [0.29, 0.717) is 23.2 Å². The molecule has 0 unspecified atom stereocenters. The van der Waals surface area contributed by atoms with E-state index in [-0.39, 0.29) is 12.2 Å². The summed E-state index contributed by atoms with van der Waals surface area (Å²) in [6.45, 7) is 1.89. The molecule has 11 heteroatoms. The van der Waals surface area contributed by atoms with Gasteiger partial charge in [-0.15, -0.1) is 11.3 Å². The van der Waals surface area contributed by atoms with Crippen LogP contribution in [0, 0.1) is 6.92 Å². The monoisotopic (exact) mass is 489 g/mol. The topological polar surface area (TPSA) is 31.2 Å². The summed E-state index contributed by atoms with van der Waals surface area (Å²) >= 11 is 4.88. The van der Waals surface area contributed by atoms with Crippen LogP contribution in [0.25, 0.3) is 10.2 Å². The highest BCUT2D eigenvalue weighted by molar-refractivity contribution is 9.10. The number of carbonyl (C=O) groups excluding carboxylic acids is 1. The van der Waals surface area contributed by atoms with Crippen LogP contribution >= 0.6 is 37.5 Å². The number of aromatic nitrogens is 1. The van der Waals surface area contributed by atoms with Gasteiger partial charge in [-0.2, -0.15) is 0 Å². The minimum Gasteiger partial charge on any atom is -0.464 e. The van der Waals surface area contributed by atoms with Gasteiger partial charge in [0.15, 0.2) is 0 Å². The van der Waals surface area contributed by atoms with E-state index < -0.39 is 21.1 Å². The molecule has 2 aromatic heterocycles. The number of thiophene rings is 1. The second-order valence-electron chi connectivity index (χ2n) is 5.91. The molecule has 0 saturated carbocycles. The fraction of sp³-hybridized carbons (Fsp3) is 0.188. The first kappa shape index (κ1) is 20.2. The number of ether oxygens (including phenoxy) is 1. The van der Waals surface area contributed by atoms with Gasteiger partial charge in [-0.05, 0) is 46.6 Å². The Kier molecular flexibility index (Phi) is 4.26. The van der Waals surface area contributed by atoms with Crippen LogP contribution in [0.5, 0.6) is 0 Å². The molecule has 0 aliphatic heterocycles. The molecule has 0 aliphatic carbocycles. The van der Waals surface area contributed by atoms with Gasteiger partial charge < -0.3 is 9.30 Å². The van der Waals surface area contributed by atoms with Crippen LogP contribution in [0.1, 0.15) is 20.9 Å². The Morgan fingerprint density at radius 3 is 2.30 bits per heavy atom. The number of nitrogens with zero attached hydrogens (tertiary/aromatic N) is 1. The van der Waals surface area contributed by atoms with E-state index in [1.54, 1.807) is 10.6 Å². The summed E-state index contributed by atoms with van der Waals surface area (Å²) in [5.41, 5.74) is 1.24. The number of halogens is 6. The number of esters is 1. The van der Waals surface area contributed by atoms with Crippen molar-refractivity contribution >= 4 is 53.7 Å². The van der Waals surface area contributed by atoms with Crippen molar-refractivity contribution in [2.24, 2.45) is 0 Å². The van der Waals surface area contributed by atoms with Crippen molar-refractivity contribution in [3.05, 3.63) is 50.9 Å². The summed E-state index contributed by atoms with van der Waals surface area (Å²) in [7, 11) is -8.50. The molecule has 3 rings (SSSR count). The molecule has 27 heavy (non-hydrogen) atoms. The first-order valence-electron chi connectivity index (χ1n) is 7.41. The average Bonchev–Trinajstić information content (AvgIpc) is 3.02. The molecule has 0 radical (unpaired) electrons. The molecule has 0 fully saturated rings. The van der Waals surface area contributed by atoms with E-state index in [4.69, 9.17) is 4.74 Å². The lowest BCUT2D eigenvalue weighted by Gasteiger charge is -2.40. The van der Waals surface area contributed by atoms with Gasteiger partial charge in [-0.1, -0.05) is 31.6 Å². The van der Waals surface area contributed by atoms with Crippen molar-refractivity contribution in [1.82, 2.24) is 4.57 Å². The normalized spacial score (nSPS) is 14.8. The number of aryl methyl sites for hydroxylation is 1. The fourth-order valence-electron chi connectivity index (χ4n) is 2.68. The highest BCUT2D eigenvalue weighted by Gasteiger charge is 2.65. The van der Waals surface area contributed by atoms with Crippen LogP contribution < -0.4 is 0 Å². The maximum absolute atomic E-state index is 12.9. The summed E-state index contributed by atoms with van der Waals surface area (Å²) in [6.07, 6.45) is 0. The van der Waals surface area contributed by atoms with Crippen LogP contribution in [-0.4, -0.2) is 17.6 Å². The Balaban J connectivity index is 2.08. The van der Waals surface area contributed by atoms with Gasteiger partial charge >= 0.3 is 16.2 Å². The Bertz CT molecular complexity index is 1060. The van der Waals surface area contributed by atoms with Crippen LogP contribution in [0.4, 0.5) is 19.4 Å². The van der Waals surface area contributed by atoms with Crippen molar-refractivity contribution < 1.29 is 29.0 Å². The maximum atomic E-state index is 12.9. The van der Waals surface area contributed by atoms with Crippen molar-refractivity contribution in [2.45, 2.75) is 18.4 Å². The van der Waals surface area contributed by atoms with Crippen LogP contribution in [0.15, 0.2) is 39.7 Å². The summed E-state index contributed by atoms with van der Waals surface area (Å²) in [6, 6.07) is 4.32. The molecule has 0 amide bonds. The molecule has 3 nitrogen and oxygen atoms in total. The summed E-state index contributed by atoms with van der Waals surface area (Å²) in [5, 5.41) is 0. The maximum Gasteiger partial charge on any atom is 0.354 e. The lowest BCUT2D eigenvalue weighted by Crippen LogP contribution is -2.12. The fourth-order valence-corrected chi connectivity index (χ4v) is 5.13. The quantitative estimate of drug-likeness (QED) is 0.285. The number of benzene rings is 1. The van der Waals surface area contributed by atoms with E-state index in [1.807, 2.05) is 6.92 Å². The third-order valence-corrected chi connectivity index (χ3v) is 7.38. The first-order chi connectivity index (χ1) is 12.2. The van der Waals surface area contributed by atoms with Gasteiger partial charge in [0.2, 0.25) is 0 Å². The van der Waals surface area contributed by atoms with Gasteiger partial charge in [0.25, 0.3) is 0 Å². The molecule has 0 saturated heterocycles. The van der Waals surface area contributed by atoms with E-state index >= 15 is 0 Å². The molecule has 0 atom stereocenters. The minimum atomic E-state index is -9.72. The SMILES string of the molecule is COC(=O)c1cc2sc(C)c(Br)c2n1Cc1ccc(S(F)(F)(F)(F)F)cc1. The Labute approximate surface area is 163 Å². The second-order valence-corrected chi connectivity index (χ2v) is 10.4. The number of hydrogen-bond acceptors (Lipinski definition) is 3. The lowest BCUT2D eigenvalue weighted by molar-refractivity contribution is 0.0589. The highest BCUT2D eigenvalue weighted by Crippen LogP contribution is 3.02. The molecule has 0 aliphatic rings. The van der Waals surface area contributed by atoms with Crippen molar-refractivity contribution in [2.75, 3.05) is 7.11 Å². The third-order valence-electron chi connectivity index (χ3n) is 3.95. The molecule has 1 aromatic carbocycles. The average molecular weight is 490 g/mol. The van der Waals surface area contributed by atoms with Gasteiger partial charge in [0.1, 0.15) is 10.6 Å².